The van der Waals surface area contributed by atoms with Crippen molar-refractivity contribution >= 4 is 52.4 Å². The Labute approximate surface area is 166 Å². The standard InChI is InChI=1S/C19H18Cl2N2O4/c1-12-4-2-3-5-16(12)23-18(25)11-27-19(26)9-8-17(24)22-13-6-7-14(20)15(21)10-13/h2-7,10H,8-9,11H2,1H3,(H,22,24)(H,23,25). The summed E-state index contributed by atoms with van der Waals surface area (Å²) in [5.41, 5.74) is 2.02. The highest BCUT2D eigenvalue weighted by atomic mass is 35.5. The molecule has 0 fully saturated rings. The molecule has 0 atom stereocenters. The zero-order valence-electron chi connectivity index (χ0n) is 14.6. The Hall–Kier alpha value is -2.57. The van der Waals surface area contributed by atoms with E-state index in [1.54, 1.807) is 24.3 Å². The van der Waals surface area contributed by atoms with Gasteiger partial charge in [0.25, 0.3) is 5.91 Å². The molecule has 0 aliphatic rings. The van der Waals surface area contributed by atoms with E-state index in [2.05, 4.69) is 10.6 Å². The second-order valence-electron chi connectivity index (χ2n) is 5.70. The van der Waals surface area contributed by atoms with E-state index in [1.165, 1.54) is 6.07 Å². The first kappa shape index (κ1) is 20.7. The number of aryl methyl sites for hydroxylation is 1. The second-order valence-corrected chi connectivity index (χ2v) is 6.52. The largest absolute Gasteiger partial charge is 0.456 e. The monoisotopic (exact) mass is 408 g/mol. The van der Waals surface area contributed by atoms with Gasteiger partial charge in [-0.15, -0.1) is 0 Å². The van der Waals surface area contributed by atoms with Crippen LogP contribution in [0, 0.1) is 6.92 Å². The van der Waals surface area contributed by atoms with Crippen LogP contribution >= 0.6 is 23.2 Å². The summed E-state index contributed by atoms with van der Waals surface area (Å²) in [4.78, 5) is 35.4. The highest BCUT2D eigenvalue weighted by Crippen LogP contribution is 2.25. The minimum Gasteiger partial charge on any atom is -0.456 e. The SMILES string of the molecule is Cc1ccccc1NC(=O)COC(=O)CCC(=O)Nc1ccc(Cl)c(Cl)c1. The predicted molar refractivity (Wildman–Crippen MR) is 105 cm³/mol. The van der Waals surface area contributed by atoms with Gasteiger partial charge in [-0.3, -0.25) is 14.4 Å². The normalized spacial score (nSPS) is 10.2. The molecule has 0 saturated heterocycles. The first-order valence-electron chi connectivity index (χ1n) is 8.11. The van der Waals surface area contributed by atoms with E-state index in [9.17, 15) is 14.4 Å². The number of nitrogens with one attached hydrogen (secondary N) is 2. The summed E-state index contributed by atoms with van der Waals surface area (Å²) in [6, 6.07) is 11.9. The molecule has 27 heavy (non-hydrogen) atoms. The third-order valence-corrected chi connectivity index (χ3v) is 4.28. The lowest BCUT2D eigenvalue weighted by Crippen LogP contribution is -2.22. The molecule has 6 nitrogen and oxygen atoms in total. The molecule has 0 aromatic heterocycles. The quantitative estimate of drug-likeness (QED) is 0.672. The van der Waals surface area contributed by atoms with E-state index in [1.807, 2.05) is 19.1 Å². The third kappa shape index (κ3) is 6.92. The highest BCUT2D eigenvalue weighted by Gasteiger charge is 2.12. The molecule has 0 unspecified atom stereocenters. The Morgan fingerprint density at radius 1 is 0.926 bits per heavy atom. The van der Waals surface area contributed by atoms with Gasteiger partial charge in [-0.05, 0) is 36.8 Å². The molecule has 0 spiro atoms. The van der Waals surface area contributed by atoms with Gasteiger partial charge in [-0.2, -0.15) is 0 Å². The number of carbonyl (C=O) groups is 3. The number of rotatable bonds is 7. The third-order valence-electron chi connectivity index (χ3n) is 3.54. The molecule has 2 aromatic carbocycles. The summed E-state index contributed by atoms with van der Waals surface area (Å²) in [7, 11) is 0. The summed E-state index contributed by atoms with van der Waals surface area (Å²) in [5, 5.41) is 5.94. The summed E-state index contributed by atoms with van der Waals surface area (Å²) >= 11 is 11.7. The van der Waals surface area contributed by atoms with Gasteiger partial charge in [0.05, 0.1) is 16.5 Å². The molecule has 0 radical (unpaired) electrons. The topological polar surface area (TPSA) is 84.5 Å². The fraction of sp³-hybridized carbons (Fsp3) is 0.211. The van der Waals surface area contributed by atoms with E-state index in [-0.39, 0.29) is 18.7 Å². The van der Waals surface area contributed by atoms with Crippen LogP contribution in [0.5, 0.6) is 0 Å². The minimum atomic E-state index is -0.640. The predicted octanol–water partition coefficient (Wildman–Crippen LogP) is 4.20. The molecule has 2 rings (SSSR count). The molecule has 0 aliphatic carbocycles. The molecular formula is C19H18Cl2N2O4. The van der Waals surface area contributed by atoms with E-state index in [0.717, 1.165) is 5.56 Å². The number of hydrogen-bond acceptors (Lipinski definition) is 4. The lowest BCUT2D eigenvalue weighted by molar-refractivity contribution is -0.147. The van der Waals surface area contributed by atoms with Crippen LogP contribution in [-0.4, -0.2) is 24.4 Å². The number of esters is 1. The number of anilines is 2. The molecule has 142 valence electrons. The molecule has 0 bridgehead atoms. The lowest BCUT2D eigenvalue weighted by atomic mass is 10.2. The molecule has 2 aromatic rings. The van der Waals surface area contributed by atoms with Crippen LogP contribution in [0.15, 0.2) is 42.5 Å². The van der Waals surface area contributed by atoms with E-state index < -0.39 is 18.5 Å². The zero-order valence-corrected chi connectivity index (χ0v) is 16.1. The molecule has 0 saturated carbocycles. The zero-order chi connectivity index (χ0) is 19.8. The Morgan fingerprint density at radius 2 is 1.67 bits per heavy atom. The van der Waals surface area contributed by atoms with Crippen molar-refractivity contribution in [2.75, 3.05) is 17.2 Å². The Bertz CT molecular complexity index is 855. The van der Waals surface area contributed by atoms with Crippen LogP contribution < -0.4 is 10.6 Å². The van der Waals surface area contributed by atoms with Gasteiger partial charge in [0.2, 0.25) is 5.91 Å². The number of para-hydroxylation sites is 1. The smallest absolute Gasteiger partial charge is 0.306 e. The number of carbonyl (C=O) groups excluding carboxylic acids is 3. The summed E-state index contributed by atoms with van der Waals surface area (Å²) in [5.74, 6) is -1.47. The maximum absolute atomic E-state index is 11.9. The van der Waals surface area contributed by atoms with E-state index in [0.29, 0.717) is 21.4 Å². The summed E-state index contributed by atoms with van der Waals surface area (Å²) < 4.78 is 4.88. The lowest BCUT2D eigenvalue weighted by Gasteiger charge is -2.09. The molecule has 2 amide bonds. The second kappa shape index (κ2) is 9.94. The summed E-state index contributed by atoms with van der Waals surface area (Å²) in [6.07, 6.45) is -0.233. The fourth-order valence-electron chi connectivity index (χ4n) is 2.13. The average Bonchev–Trinajstić information content (AvgIpc) is 2.63. The van der Waals surface area contributed by atoms with Gasteiger partial charge in [-0.25, -0.2) is 0 Å². The molecule has 2 N–H and O–H groups in total. The molecule has 0 heterocycles. The van der Waals surface area contributed by atoms with Gasteiger partial charge in [-0.1, -0.05) is 41.4 Å². The number of ether oxygens (including phenoxy) is 1. The van der Waals surface area contributed by atoms with Gasteiger partial charge >= 0.3 is 5.97 Å². The van der Waals surface area contributed by atoms with Crippen molar-refractivity contribution in [3.8, 4) is 0 Å². The van der Waals surface area contributed by atoms with Crippen LogP contribution in [0.1, 0.15) is 18.4 Å². The van der Waals surface area contributed by atoms with Crippen molar-refractivity contribution in [3.05, 3.63) is 58.1 Å². The Kier molecular flexibility index (Phi) is 7.64. The first-order valence-corrected chi connectivity index (χ1v) is 8.87. The van der Waals surface area contributed by atoms with Crippen LogP contribution in [-0.2, 0) is 19.1 Å². The van der Waals surface area contributed by atoms with Crippen molar-refractivity contribution in [2.24, 2.45) is 0 Å². The molecule has 8 heteroatoms. The maximum Gasteiger partial charge on any atom is 0.306 e. The van der Waals surface area contributed by atoms with Crippen LogP contribution in [0.25, 0.3) is 0 Å². The van der Waals surface area contributed by atoms with Gasteiger partial charge in [0.1, 0.15) is 0 Å². The van der Waals surface area contributed by atoms with Crippen molar-refractivity contribution < 1.29 is 19.1 Å². The maximum atomic E-state index is 11.9. The minimum absolute atomic E-state index is 0.0848. The molecule has 0 aliphatic heterocycles. The van der Waals surface area contributed by atoms with E-state index >= 15 is 0 Å². The van der Waals surface area contributed by atoms with Crippen LogP contribution in [0.3, 0.4) is 0 Å². The van der Waals surface area contributed by atoms with Crippen molar-refractivity contribution in [1.29, 1.82) is 0 Å². The van der Waals surface area contributed by atoms with Crippen molar-refractivity contribution in [3.63, 3.8) is 0 Å². The summed E-state index contributed by atoms with van der Waals surface area (Å²) in [6.45, 7) is 1.44. The van der Waals surface area contributed by atoms with Crippen molar-refractivity contribution in [1.82, 2.24) is 0 Å². The van der Waals surface area contributed by atoms with Crippen LogP contribution in [0.2, 0.25) is 10.0 Å². The number of amides is 2. The Balaban J connectivity index is 1.70. The Morgan fingerprint density at radius 3 is 2.37 bits per heavy atom. The van der Waals surface area contributed by atoms with E-state index in [4.69, 9.17) is 27.9 Å². The van der Waals surface area contributed by atoms with Crippen molar-refractivity contribution in [2.45, 2.75) is 19.8 Å². The van der Waals surface area contributed by atoms with Gasteiger partial charge in [0, 0.05) is 17.8 Å². The highest BCUT2D eigenvalue weighted by molar-refractivity contribution is 6.42. The first-order chi connectivity index (χ1) is 12.8. The fourth-order valence-corrected chi connectivity index (χ4v) is 2.43. The van der Waals surface area contributed by atoms with Gasteiger partial charge < -0.3 is 15.4 Å². The number of hydrogen-bond donors (Lipinski definition) is 2. The average molecular weight is 409 g/mol. The van der Waals surface area contributed by atoms with Gasteiger partial charge in [0.15, 0.2) is 6.61 Å². The molecular weight excluding hydrogens is 391 g/mol. The number of benzene rings is 2. The number of halogens is 2. The van der Waals surface area contributed by atoms with Crippen LogP contribution in [0.4, 0.5) is 11.4 Å².